The van der Waals surface area contributed by atoms with Crippen molar-refractivity contribution in [1.82, 2.24) is 0 Å². The number of benzene rings is 2. The van der Waals surface area contributed by atoms with Crippen LogP contribution in [0, 0.1) is 12.7 Å². The summed E-state index contributed by atoms with van der Waals surface area (Å²) < 4.78 is 13.0. The zero-order valence-corrected chi connectivity index (χ0v) is 11.7. The van der Waals surface area contributed by atoms with Crippen LogP contribution in [0.2, 0.25) is 5.02 Å². The summed E-state index contributed by atoms with van der Waals surface area (Å²) in [5, 5.41) is 0.529. The molecular weight excluding hydrogens is 263 g/mol. The fourth-order valence-electron chi connectivity index (χ4n) is 2.10. The predicted molar refractivity (Wildman–Crippen MR) is 79.7 cm³/mol. The molecule has 0 aromatic heterocycles. The van der Waals surface area contributed by atoms with Crippen molar-refractivity contribution in [2.75, 3.05) is 17.2 Å². The van der Waals surface area contributed by atoms with Gasteiger partial charge in [0.05, 0.1) is 10.7 Å². The molecule has 0 fully saturated rings. The van der Waals surface area contributed by atoms with Crippen molar-refractivity contribution < 1.29 is 4.39 Å². The first kappa shape index (κ1) is 13.7. The van der Waals surface area contributed by atoms with Crippen LogP contribution in [0.4, 0.5) is 21.5 Å². The molecule has 0 saturated heterocycles. The van der Waals surface area contributed by atoms with Crippen molar-refractivity contribution in [2.24, 2.45) is 0 Å². The third kappa shape index (κ3) is 2.82. The van der Waals surface area contributed by atoms with E-state index in [4.69, 9.17) is 17.3 Å². The van der Waals surface area contributed by atoms with Crippen molar-refractivity contribution in [3.63, 3.8) is 0 Å². The molecule has 0 aliphatic heterocycles. The molecule has 19 heavy (non-hydrogen) atoms. The molecule has 2 aromatic carbocycles. The number of nitrogens with two attached hydrogens (primary N) is 1. The molecule has 2 nitrogen and oxygen atoms in total. The molecule has 0 spiro atoms. The first-order chi connectivity index (χ1) is 9.02. The smallest absolute Gasteiger partial charge is 0.123 e. The van der Waals surface area contributed by atoms with Gasteiger partial charge in [-0.3, -0.25) is 0 Å². The molecule has 0 bridgehead atoms. The summed E-state index contributed by atoms with van der Waals surface area (Å²) in [5.74, 6) is -0.244. The van der Waals surface area contributed by atoms with E-state index in [1.54, 1.807) is 12.1 Å². The maximum atomic E-state index is 13.0. The van der Waals surface area contributed by atoms with Crippen LogP contribution in [-0.2, 0) is 0 Å². The average molecular weight is 279 g/mol. The molecule has 0 amide bonds. The van der Waals surface area contributed by atoms with Gasteiger partial charge < -0.3 is 10.6 Å². The van der Waals surface area contributed by atoms with E-state index in [2.05, 4.69) is 4.90 Å². The summed E-state index contributed by atoms with van der Waals surface area (Å²) >= 11 is 6.09. The lowest BCUT2D eigenvalue weighted by atomic mass is 10.1. The highest BCUT2D eigenvalue weighted by Gasteiger charge is 2.12. The van der Waals surface area contributed by atoms with E-state index >= 15 is 0 Å². The van der Waals surface area contributed by atoms with Gasteiger partial charge in [0.25, 0.3) is 0 Å². The summed E-state index contributed by atoms with van der Waals surface area (Å²) in [4.78, 5) is 2.07. The van der Waals surface area contributed by atoms with Gasteiger partial charge in [-0.1, -0.05) is 11.6 Å². The monoisotopic (exact) mass is 278 g/mol. The van der Waals surface area contributed by atoms with Gasteiger partial charge in [0.1, 0.15) is 5.82 Å². The Balaban J connectivity index is 2.47. The van der Waals surface area contributed by atoms with E-state index in [1.807, 2.05) is 26.0 Å². The van der Waals surface area contributed by atoms with Gasteiger partial charge in [-0.15, -0.1) is 0 Å². The van der Waals surface area contributed by atoms with Gasteiger partial charge in [-0.05, 0) is 55.8 Å². The molecular formula is C15H16ClFN2. The second kappa shape index (κ2) is 5.49. The van der Waals surface area contributed by atoms with Crippen LogP contribution in [0.5, 0.6) is 0 Å². The van der Waals surface area contributed by atoms with Crippen molar-refractivity contribution >= 4 is 28.7 Å². The molecule has 0 atom stereocenters. The maximum Gasteiger partial charge on any atom is 0.123 e. The fraction of sp³-hybridized carbons (Fsp3) is 0.200. The molecule has 0 radical (unpaired) electrons. The number of hydrogen-bond acceptors (Lipinski definition) is 2. The Morgan fingerprint density at radius 1 is 1.21 bits per heavy atom. The summed E-state index contributed by atoms with van der Waals surface area (Å²) in [6.07, 6.45) is 0. The van der Waals surface area contributed by atoms with Crippen LogP contribution >= 0.6 is 11.6 Å². The summed E-state index contributed by atoms with van der Waals surface area (Å²) in [7, 11) is 0. The van der Waals surface area contributed by atoms with Crippen LogP contribution < -0.4 is 10.6 Å². The Bertz CT molecular complexity index is 581. The quantitative estimate of drug-likeness (QED) is 0.836. The van der Waals surface area contributed by atoms with Crippen LogP contribution in [0.1, 0.15) is 12.5 Å². The zero-order chi connectivity index (χ0) is 14.0. The molecule has 0 unspecified atom stereocenters. The zero-order valence-electron chi connectivity index (χ0n) is 11.0. The molecule has 100 valence electrons. The standard InChI is InChI=1S/C15H16ClFN2/c1-3-19(12-6-4-11(17)5-7-12)15-9-13(16)14(18)8-10(15)2/h4-9H,3,18H2,1-2H3. The first-order valence-electron chi connectivity index (χ1n) is 6.11. The highest BCUT2D eigenvalue weighted by molar-refractivity contribution is 6.33. The number of nitrogen functional groups attached to an aromatic ring is 1. The van der Waals surface area contributed by atoms with Crippen molar-refractivity contribution in [2.45, 2.75) is 13.8 Å². The highest BCUT2D eigenvalue weighted by atomic mass is 35.5. The number of anilines is 3. The molecule has 0 aliphatic carbocycles. The Morgan fingerprint density at radius 3 is 2.42 bits per heavy atom. The van der Waals surface area contributed by atoms with E-state index in [0.29, 0.717) is 10.7 Å². The molecule has 2 aromatic rings. The van der Waals surface area contributed by atoms with E-state index in [-0.39, 0.29) is 5.82 Å². The molecule has 2 N–H and O–H groups in total. The Kier molecular flexibility index (Phi) is 3.96. The SMILES string of the molecule is CCN(c1ccc(F)cc1)c1cc(Cl)c(N)cc1C. The third-order valence-corrected chi connectivity index (χ3v) is 3.39. The predicted octanol–water partition coefficient (Wildman–Crippen LogP) is 4.53. The van der Waals surface area contributed by atoms with Crippen LogP contribution in [-0.4, -0.2) is 6.54 Å². The minimum Gasteiger partial charge on any atom is -0.398 e. The van der Waals surface area contributed by atoms with Gasteiger partial charge in [0.2, 0.25) is 0 Å². The van der Waals surface area contributed by atoms with Gasteiger partial charge >= 0.3 is 0 Å². The lowest BCUT2D eigenvalue weighted by Gasteiger charge is -2.25. The molecule has 4 heteroatoms. The van der Waals surface area contributed by atoms with E-state index in [1.165, 1.54) is 12.1 Å². The number of hydrogen-bond donors (Lipinski definition) is 1. The van der Waals surface area contributed by atoms with Crippen molar-refractivity contribution in [3.8, 4) is 0 Å². The molecule has 2 rings (SSSR count). The third-order valence-electron chi connectivity index (χ3n) is 3.06. The number of halogens is 2. The van der Waals surface area contributed by atoms with Gasteiger partial charge in [0.15, 0.2) is 0 Å². The average Bonchev–Trinajstić information content (AvgIpc) is 2.38. The summed E-state index contributed by atoms with van der Waals surface area (Å²) in [6.45, 7) is 4.77. The number of rotatable bonds is 3. The van der Waals surface area contributed by atoms with Gasteiger partial charge in [-0.25, -0.2) is 4.39 Å². The van der Waals surface area contributed by atoms with E-state index in [9.17, 15) is 4.39 Å². The molecule has 0 saturated carbocycles. The Labute approximate surface area is 117 Å². The van der Waals surface area contributed by atoms with Crippen molar-refractivity contribution in [3.05, 3.63) is 52.8 Å². The second-order valence-electron chi connectivity index (χ2n) is 4.38. The largest absolute Gasteiger partial charge is 0.398 e. The Morgan fingerprint density at radius 2 is 1.84 bits per heavy atom. The molecule has 0 heterocycles. The maximum absolute atomic E-state index is 13.0. The first-order valence-corrected chi connectivity index (χ1v) is 6.49. The van der Waals surface area contributed by atoms with Gasteiger partial charge in [0, 0.05) is 17.9 Å². The number of aryl methyl sites for hydroxylation is 1. The van der Waals surface area contributed by atoms with Crippen LogP contribution in [0.3, 0.4) is 0 Å². The van der Waals surface area contributed by atoms with E-state index in [0.717, 1.165) is 23.5 Å². The minimum atomic E-state index is -0.244. The van der Waals surface area contributed by atoms with Crippen LogP contribution in [0.15, 0.2) is 36.4 Å². The minimum absolute atomic E-state index is 0.244. The topological polar surface area (TPSA) is 29.3 Å². The van der Waals surface area contributed by atoms with Gasteiger partial charge in [-0.2, -0.15) is 0 Å². The highest BCUT2D eigenvalue weighted by Crippen LogP contribution is 2.33. The number of nitrogens with zero attached hydrogens (tertiary/aromatic N) is 1. The molecule has 0 aliphatic rings. The van der Waals surface area contributed by atoms with Crippen LogP contribution in [0.25, 0.3) is 0 Å². The Hall–Kier alpha value is -1.74. The van der Waals surface area contributed by atoms with E-state index < -0.39 is 0 Å². The van der Waals surface area contributed by atoms with Crippen molar-refractivity contribution in [1.29, 1.82) is 0 Å². The summed E-state index contributed by atoms with van der Waals surface area (Å²) in [6, 6.07) is 10.1. The summed E-state index contributed by atoms with van der Waals surface area (Å²) in [5.41, 5.74) is 9.30. The normalized spacial score (nSPS) is 10.5. The lowest BCUT2D eigenvalue weighted by Crippen LogP contribution is -2.17. The lowest BCUT2D eigenvalue weighted by molar-refractivity contribution is 0.628. The second-order valence-corrected chi connectivity index (χ2v) is 4.79. The fourth-order valence-corrected chi connectivity index (χ4v) is 2.26.